The molecule has 0 unspecified atom stereocenters. The molecule has 0 aliphatic heterocycles. The fraction of sp³-hybridized carbons (Fsp3) is 0.250. The van der Waals surface area contributed by atoms with Crippen molar-refractivity contribution in [3.63, 3.8) is 0 Å². The van der Waals surface area contributed by atoms with Gasteiger partial charge in [0.2, 0.25) is 0 Å². The average Bonchev–Trinajstić information content (AvgIpc) is 3.19. The van der Waals surface area contributed by atoms with Gasteiger partial charge in [-0.15, -0.1) is 0 Å². The number of aromatic nitrogens is 4. The highest BCUT2D eigenvalue weighted by Gasteiger charge is 2.19. The molecule has 9 heteroatoms. The highest BCUT2D eigenvalue weighted by Crippen LogP contribution is 2.21. The van der Waals surface area contributed by atoms with Gasteiger partial charge < -0.3 is 14.9 Å². The monoisotopic (exact) mass is 343 g/mol. The number of carbonyl (C=O) groups excluding carboxylic acids is 1. The van der Waals surface area contributed by atoms with E-state index in [0.717, 1.165) is 5.69 Å². The van der Waals surface area contributed by atoms with Gasteiger partial charge in [-0.3, -0.25) is 18.8 Å². The molecule has 0 radical (unpaired) electrons. The Morgan fingerprint density at radius 1 is 1.28 bits per heavy atom. The minimum atomic E-state index is -1.01. The number of nitrogens with zero attached hydrogens (tertiary/aromatic N) is 4. The summed E-state index contributed by atoms with van der Waals surface area (Å²) in [4.78, 5) is 23.2. The lowest BCUT2D eigenvalue weighted by Gasteiger charge is -2.05. The SMILES string of the molecule is Cc1cc(-n2c(C)cc(C(=O)Nc3ccn(CC(=O)O)n3)c2C)no1. The molecule has 25 heavy (non-hydrogen) atoms. The smallest absolute Gasteiger partial charge is 0.325 e. The minimum absolute atomic E-state index is 0.268. The van der Waals surface area contributed by atoms with Crippen LogP contribution < -0.4 is 5.32 Å². The molecule has 0 saturated carbocycles. The first-order valence-electron chi connectivity index (χ1n) is 7.54. The molecule has 0 spiro atoms. The highest BCUT2D eigenvalue weighted by atomic mass is 16.5. The van der Waals surface area contributed by atoms with Crippen LogP contribution in [0.4, 0.5) is 5.82 Å². The number of carbonyl (C=O) groups is 2. The van der Waals surface area contributed by atoms with Crippen molar-refractivity contribution in [2.24, 2.45) is 0 Å². The predicted molar refractivity (Wildman–Crippen MR) is 87.9 cm³/mol. The van der Waals surface area contributed by atoms with E-state index in [-0.39, 0.29) is 18.3 Å². The van der Waals surface area contributed by atoms with E-state index in [4.69, 9.17) is 9.63 Å². The van der Waals surface area contributed by atoms with Crippen LogP contribution in [0, 0.1) is 20.8 Å². The van der Waals surface area contributed by atoms with Crippen LogP contribution in [0.1, 0.15) is 27.5 Å². The molecule has 0 aromatic carbocycles. The number of nitrogens with one attached hydrogen (secondary N) is 1. The number of anilines is 1. The summed E-state index contributed by atoms with van der Waals surface area (Å²) in [5, 5.41) is 19.4. The largest absolute Gasteiger partial charge is 0.480 e. The first kappa shape index (κ1) is 16.5. The van der Waals surface area contributed by atoms with Crippen LogP contribution in [0.15, 0.2) is 28.9 Å². The number of hydrogen-bond acceptors (Lipinski definition) is 5. The third-order valence-corrected chi connectivity index (χ3v) is 3.70. The van der Waals surface area contributed by atoms with Crippen LogP contribution in [-0.4, -0.2) is 36.5 Å². The lowest BCUT2D eigenvalue weighted by molar-refractivity contribution is -0.137. The summed E-state index contributed by atoms with van der Waals surface area (Å²) in [6.07, 6.45) is 1.49. The van der Waals surface area contributed by atoms with E-state index in [0.29, 0.717) is 22.8 Å². The van der Waals surface area contributed by atoms with Crippen molar-refractivity contribution < 1.29 is 19.2 Å². The topological polar surface area (TPSA) is 115 Å². The minimum Gasteiger partial charge on any atom is -0.480 e. The van der Waals surface area contributed by atoms with Crippen molar-refractivity contribution in [1.82, 2.24) is 19.5 Å². The summed E-state index contributed by atoms with van der Waals surface area (Å²) in [5.74, 6) is 0.232. The fourth-order valence-electron chi connectivity index (χ4n) is 2.64. The Morgan fingerprint density at radius 3 is 2.68 bits per heavy atom. The van der Waals surface area contributed by atoms with Crippen LogP contribution in [0.2, 0.25) is 0 Å². The lowest BCUT2D eigenvalue weighted by atomic mass is 10.2. The number of aliphatic carboxylic acids is 1. The van der Waals surface area contributed by atoms with Gasteiger partial charge in [-0.2, -0.15) is 5.10 Å². The van der Waals surface area contributed by atoms with Crippen molar-refractivity contribution in [2.75, 3.05) is 5.32 Å². The Morgan fingerprint density at radius 2 is 2.04 bits per heavy atom. The molecule has 0 atom stereocenters. The van der Waals surface area contributed by atoms with Crippen molar-refractivity contribution in [3.8, 4) is 5.82 Å². The predicted octanol–water partition coefficient (Wildman–Crippen LogP) is 1.92. The summed E-state index contributed by atoms with van der Waals surface area (Å²) in [5.41, 5.74) is 2.03. The fourth-order valence-corrected chi connectivity index (χ4v) is 2.64. The Balaban J connectivity index is 1.83. The van der Waals surface area contributed by atoms with E-state index in [1.807, 2.05) is 18.4 Å². The van der Waals surface area contributed by atoms with Crippen LogP contribution in [0.3, 0.4) is 0 Å². The second kappa shape index (κ2) is 6.27. The van der Waals surface area contributed by atoms with Crippen LogP contribution in [-0.2, 0) is 11.3 Å². The van der Waals surface area contributed by atoms with Gasteiger partial charge in [0, 0.05) is 29.7 Å². The van der Waals surface area contributed by atoms with Crippen molar-refractivity contribution in [3.05, 3.63) is 47.1 Å². The normalized spacial score (nSPS) is 10.8. The third kappa shape index (κ3) is 3.30. The zero-order valence-corrected chi connectivity index (χ0v) is 14.0. The number of amides is 1. The second-order valence-corrected chi connectivity index (χ2v) is 5.66. The quantitative estimate of drug-likeness (QED) is 0.731. The van der Waals surface area contributed by atoms with Crippen molar-refractivity contribution >= 4 is 17.7 Å². The van der Waals surface area contributed by atoms with E-state index >= 15 is 0 Å². The van der Waals surface area contributed by atoms with Gasteiger partial charge >= 0.3 is 5.97 Å². The van der Waals surface area contributed by atoms with Gasteiger partial charge in [0.25, 0.3) is 5.91 Å². The van der Waals surface area contributed by atoms with Crippen LogP contribution in [0.5, 0.6) is 0 Å². The Kier molecular flexibility index (Phi) is 4.14. The molecular weight excluding hydrogens is 326 g/mol. The molecule has 9 nitrogen and oxygen atoms in total. The zero-order chi connectivity index (χ0) is 18.1. The molecule has 3 rings (SSSR count). The maximum Gasteiger partial charge on any atom is 0.325 e. The van der Waals surface area contributed by atoms with Crippen LogP contribution >= 0.6 is 0 Å². The number of aryl methyl sites for hydroxylation is 2. The zero-order valence-electron chi connectivity index (χ0n) is 14.0. The lowest BCUT2D eigenvalue weighted by Crippen LogP contribution is -2.15. The molecule has 0 aliphatic rings. The standard InChI is InChI=1S/C16H17N5O4/c1-9-6-12(11(3)21(9)14-7-10(2)25-19-14)16(24)17-13-4-5-20(18-13)8-15(22)23/h4-7H,8H2,1-3H3,(H,22,23)(H,17,18,24). The van der Waals surface area contributed by atoms with Gasteiger partial charge in [-0.25, -0.2) is 0 Å². The Labute approximate surface area is 142 Å². The first-order valence-corrected chi connectivity index (χ1v) is 7.54. The van der Waals surface area contributed by atoms with Crippen LogP contribution in [0.25, 0.3) is 5.82 Å². The molecule has 1 amide bonds. The number of carboxylic acids is 1. The average molecular weight is 343 g/mol. The van der Waals surface area contributed by atoms with E-state index < -0.39 is 5.97 Å². The van der Waals surface area contributed by atoms with Gasteiger partial charge in [0.15, 0.2) is 11.6 Å². The maximum atomic E-state index is 12.5. The summed E-state index contributed by atoms with van der Waals surface area (Å²) in [6, 6.07) is 5.08. The molecule has 0 saturated heterocycles. The first-order chi connectivity index (χ1) is 11.8. The molecule has 0 aliphatic carbocycles. The molecular formula is C16H17N5O4. The van der Waals surface area contributed by atoms with E-state index in [9.17, 15) is 9.59 Å². The van der Waals surface area contributed by atoms with Crippen molar-refractivity contribution in [2.45, 2.75) is 27.3 Å². The summed E-state index contributed by atoms with van der Waals surface area (Å²) >= 11 is 0. The number of carboxylic acid groups (broad SMARTS) is 1. The van der Waals surface area contributed by atoms with E-state index in [1.165, 1.54) is 10.9 Å². The third-order valence-electron chi connectivity index (χ3n) is 3.70. The Hall–Kier alpha value is -3.36. The van der Waals surface area contributed by atoms with Gasteiger partial charge in [-0.1, -0.05) is 5.16 Å². The Bertz CT molecular complexity index is 950. The van der Waals surface area contributed by atoms with Crippen molar-refractivity contribution in [1.29, 1.82) is 0 Å². The summed E-state index contributed by atoms with van der Waals surface area (Å²) in [7, 11) is 0. The molecule has 130 valence electrons. The van der Waals surface area contributed by atoms with Gasteiger partial charge in [0.1, 0.15) is 12.3 Å². The second-order valence-electron chi connectivity index (χ2n) is 5.66. The maximum absolute atomic E-state index is 12.5. The summed E-state index contributed by atoms with van der Waals surface area (Å²) in [6.45, 7) is 5.21. The summed E-state index contributed by atoms with van der Waals surface area (Å²) < 4.78 is 8.16. The number of hydrogen-bond donors (Lipinski definition) is 2. The molecule has 3 heterocycles. The van der Waals surface area contributed by atoms with Gasteiger partial charge in [0.05, 0.1) is 5.56 Å². The molecule has 0 fully saturated rings. The molecule has 3 aromatic heterocycles. The molecule has 3 aromatic rings. The molecule has 2 N–H and O–H groups in total. The van der Waals surface area contributed by atoms with E-state index in [1.54, 1.807) is 25.1 Å². The van der Waals surface area contributed by atoms with E-state index in [2.05, 4.69) is 15.6 Å². The number of rotatable bonds is 5. The highest BCUT2D eigenvalue weighted by molar-refractivity contribution is 6.04. The molecule has 0 bridgehead atoms. The van der Waals surface area contributed by atoms with Gasteiger partial charge in [-0.05, 0) is 26.8 Å².